The van der Waals surface area contributed by atoms with Crippen LogP contribution in [-0.2, 0) is 40.0 Å². The number of carboxylic acids is 1. The summed E-state index contributed by atoms with van der Waals surface area (Å²) in [4.78, 5) is 83.3. The van der Waals surface area contributed by atoms with Crippen molar-refractivity contribution in [2.75, 3.05) is 0 Å². The number of hydrogen-bond donors (Lipinski definition) is 8. The topological polar surface area (TPSA) is 280 Å². The summed E-state index contributed by atoms with van der Waals surface area (Å²) in [5.74, 6) is -6.91. The first-order valence-corrected chi connectivity index (χ1v) is 11.1. The summed E-state index contributed by atoms with van der Waals surface area (Å²) < 4.78 is 0. The molecule has 0 heterocycles. The number of amides is 6. The molecule has 15 nitrogen and oxygen atoms in total. The van der Waals surface area contributed by atoms with E-state index in [4.69, 9.17) is 22.9 Å². The molecule has 15 heteroatoms. The number of primary amides is 3. The molecule has 0 bridgehead atoms. The SMILES string of the molecule is NC(=O)CCC(NC(=O)C(N)CC(N)=O)C(=O)NC(Cc1ccccc1)C(=O)NC(CC(N)=O)C(=O)O. The fraction of sp³-hybridized carbons (Fsp3) is 0.409. The zero-order valence-electron chi connectivity index (χ0n) is 19.8. The lowest BCUT2D eigenvalue weighted by Gasteiger charge is -2.25. The van der Waals surface area contributed by atoms with E-state index in [1.54, 1.807) is 30.3 Å². The van der Waals surface area contributed by atoms with Crippen LogP contribution in [0.4, 0.5) is 0 Å². The normalized spacial score (nSPS) is 13.8. The standard InChI is InChI=1S/C22H31N7O8/c23-12(9-17(25)31)19(33)27-13(6-7-16(24)30)20(34)28-14(8-11-4-2-1-3-5-11)21(35)29-15(22(36)37)10-18(26)32/h1-5,12-15H,6-10,23H2,(H2,24,30)(H2,25,31)(H2,26,32)(H,27,33)(H,28,34)(H,29,35)(H,36,37). The van der Waals surface area contributed by atoms with Gasteiger partial charge in [-0.2, -0.15) is 0 Å². The number of aliphatic carboxylic acids is 1. The van der Waals surface area contributed by atoms with Gasteiger partial charge in [0, 0.05) is 12.8 Å². The van der Waals surface area contributed by atoms with Crippen LogP contribution in [0.1, 0.15) is 31.2 Å². The summed E-state index contributed by atoms with van der Waals surface area (Å²) in [6.07, 6.45) is -1.89. The summed E-state index contributed by atoms with van der Waals surface area (Å²) in [5.41, 5.74) is 21.4. The summed E-state index contributed by atoms with van der Waals surface area (Å²) in [7, 11) is 0. The van der Waals surface area contributed by atoms with Crippen LogP contribution >= 0.6 is 0 Å². The van der Waals surface area contributed by atoms with Gasteiger partial charge in [0.25, 0.3) is 0 Å². The minimum absolute atomic E-state index is 0.0982. The van der Waals surface area contributed by atoms with E-state index < -0.39 is 78.4 Å². The van der Waals surface area contributed by atoms with Gasteiger partial charge in [0.15, 0.2) is 0 Å². The fourth-order valence-electron chi connectivity index (χ4n) is 3.15. The molecule has 0 spiro atoms. The molecule has 0 radical (unpaired) electrons. The van der Waals surface area contributed by atoms with Crippen molar-refractivity contribution in [3.05, 3.63) is 35.9 Å². The molecule has 0 saturated heterocycles. The molecule has 1 rings (SSSR count). The van der Waals surface area contributed by atoms with Gasteiger partial charge < -0.3 is 44.0 Å². The number of carbonyl (C=O) groups is 7. The molecule has 4 unspecified atom stereocenters. The summed E-state index contributed by atoms with van der Waals surface area (Å²) >= 11 is 0. The molecule has 4 atom stereocenters. The Morgan fingerprint density at radius 1 is 0.703 bits per heavy atom. The molecule has 1 aromatic rings. The highest BCUT2D eigenvalue weighted by Gasteiger charge is 2.31. The van der Waals surface area contributed by atoms with Crippen LogP contribution in [0, 0.1) is 0 Å². The maximum Gasteiger partial charge on any atom is 0.326 e. The van der Waals surface area contributed by atoms with Crippen molar-refractivity contribution in [2.24, 2.45) is 22.9 Å². The second-order valence-corrected chi connectivity index (χ2v) is 8.16. The van der Waals surface area contributed by atoms with E-state index in [2.05, 4.69) is 16.0 Å². The predicted molar refractivity (Wildman–Crippen MR) is 128 cm³/mol. The molecule has 0 aliphatic heterocycles. The third kappa shape index (κ3) is 11.6. The number of nitrogens with two attached hydrogens (primary N) is 4. The molecular formula is C22H31N7O8. The van der Waals surface area contributed by atoms with E-state index in [0.29, 0.717) is 5.56 Å². The molecular weight excluding hydrogens is 490 g/mol. The summed E-state index contributed by atoms with van der Waals surface area (Å²) in [6.45, 7) is 0. The third-order valence-corrected chi connectivity index (χ3v) is 5.01. The van der Waals surface area contributed by atoms with Gasteiger partial charge in [-0.15, -0.1) is 0 Å². The molecule has 6 amide bonds. The van der Waals surface area contributed by atoms with Gasteiger partial charge in [0.2, 0.25) is 35.4 Å². The highest BCUT2D eigenvalue weighted by atomic mass is 16.4. The largest absolute Gasteiger partial charge is 0.480 e. The first kappa shape index (κ1) is 30.5. The van der Waals surface area contributed by atoms with Gasteiger partial charge in [-0.3, -0.25) is 28.8 Å². The first-order valence-electron chi connectivity index (χ1n) is 11.1. The van der Waals surface area contributed by atoms with Crippen LogP contribution in [0.3, 0.4) is 0 Å². The minimum atomic E-state index is -1.66. The van der Waals surface area contributed by atoms with Crippen molar-refractivity contribution in [3.8, 4) is 0 Å². The number of hydrogen-bond acceptors (Lipinski definition) is 8. The predicted octanol–water partition coefficient (Wildman–Crippen LogP) is -3.89. The Kier molecular flexibility index (Phi) is 12.2. The number of rotatable bonds is 16. The highest BCUT2D eigenvalue weighted by Crippen LogP contribution is 2.07. The van der Waals surface area contributed by atoms with Crippen LogP contribution in [0.15, 0.2) is 30.3 Å². The van der Waals surface area contributed by atoms with E-state index in [-0.39, 0.29) is 19.3 Å². The lowest BCUT2D eigenvalue weighted by molar-refractivity contribution is -0.143. The van der Waals surface area contributed by atoms with Gasteiger partial charge in [-0.05, 0) is 12.0 Å². The molecule has 12 N–H and O–H groups in total. The van der Waals surface area contributed by atoms with E-state index in [9.17, 15) is 38.7 Å². The molecule has 0 aromatic heterocycles. The van der Waals surface area contributed by atoms with Crippen LogP contribution < -0.4 is 38.9 Å². The second-order valence-electron chi connectivity index (χ2n) is 8.16. The van der Waals surface area contributed by atoms with E-state index in [1.165, 1.54) is 0 Å². The minimum Gasteiger partial charge on any atom is -0.480 e. The van der Waals surface area contributed by atoms with Crippen molar-refractivity contribution in [2.45, 2.75) is 56.3 Å². The molecule has 202 valence electrons. The molecule has 0 fully saturated rings. The average molecular weight is 522 g/mol. The fourth-order valence-corrected chi connectivity index (χ4v) is 3.15. The van der Waals surface area contributed by atoms with E-state index in [1.807, 2.05) is 0 Å². The number of nitrogens with one attached hydrogen (secondary N) is 3. The number of carboxylic acid groups (broad SMARTS) is 1. The Labute approximate surface area is 211 Å². The maximum atomic E-state index is 13.1. The number of benzene rings is 1. The zero-order valence-corrected chi connectivity index (χ0v) is 19.8. The molecule has 0 aliphatic carbocycles. The molecule has 37 heavy (non-hydrogen) atoms. The monoisotopic (exact) mass is 521 g/mol. The third-order valence-electron chi connectivity index (χ3n) is 5.01. The maximum absolute atomic E-state index is 13.1. The Balaban J connectivity index is 3.16. The van der Waals surface area contributed by atoms with Gasteiger partial charge >= 0.3 is 5.97 Å². The van der Waals surface area contributed by atoms with Crippen molar-refractivity contribution in [3.63, 3.8) is 0 Å². The summed E-state index contributed by atoms with van der Waals surface area (Å²) in [6, 6.07) is 2.58. The smallest absolute Gasteiger partial charge is 0.326 e. The second kappa shape index (κ2) is 14.8. The van der Waals surface area contributed by atoms with Gasteiger partial charge in [0.05, 0.1) is 18.9 Å². The van der Waals surface area contributed by atoms with Crippen molar-refractivity contribution < 1.29 is 38.7 Å². The van der Waals surface area contributed by atoms with E-state index in [0.717, 1.165) is 0 Å². The van der Waals surface area contributed by atoms with Crippen LogP contribution in [0.5, 0.6) is 0 Å². The van der Waals surface area contributed by atoms with Gasteiger partial charge in [0.1, 0.15) is 18.1 Å². The molecule has 0 saturated carbocycles. The zero-order chi connectivity index (χ0) is 28.1. The average Bonchev–Trinajstić information content (AvgIpc) is 2.80. The Hall–Kier alpha value is -4.53. The lowest BCUT2D eigenvalue weighted by Crippen LogP contribution is -2.58. The Morgan fingerprint density at radius 2 is 1.22 bits per heavy atom. The highest BCUT2D eigenvalue weighted by molar-refractivity contribution is 5.96. The lowest BCUT2D eigenvalue weighted by atomic mass is 10.0. The first-order chi connectivity index (χ1) is 17.3. The van der Waals surface area contributed by atoms with Crippen molar-refractivity contribution in [1.82, 2.24) is 16.0 Å². The molecule has 1 aromatic carbocycles. The molecule has 0 aliphatic rings. The number of carbonyl (C=O) groups excluding carboxylic acids is 6. The van der Waals surface area contributed by atoms with E-state index >= 15 is 0 Å². The van der Waals surface area contributed by atoms with Crippen LogP contribution in [-0.4, -0.2) is 70.7 Å². The van der Waals surface area contributed by atoms with Gasteiger partial charge in [-0.25, -0.2) is 4.79 Å². The quantitative estimate of drug-likeness (QED) is 0.105. The Bertz CT molecular complexity index is 1020. The van der Waals surface area contributed by atoms with Crippen LogP contribution in [0.25, 0.3) is 0 Å². The summed E-state index contributed by atoms with van der Waals surface area (Å²) in [5, 5.41) is 16.2. The van der Waals surface area contributed by atoms with Crippen molar-refractivity contribution in [1.29, 1.82) is 0 Å². The van der Waals surface area contributed by atoms with Crippen LogP contribution in [0.2, 0.25) is 0 Å². The van der Waals surface area contributed by atoms with Crippen molar-refractivity contribution >= 4 is 41.4 Å². The Morgan fingerprint density at radius 3 is 1.73 bits per heavy atom. The van der Waals surface area contributed by atoms with Gasteiger partial charge in [-0.1, -0.05) is 30.3 Å².